The Labute approximate surface area is 111 Å². The van der Waals surface area contributed by atoms with Crippen LogP contribution in [0.1, 0.15) is 16.4 Å². The summed E-state index contributed by atoms with van der Waals surface area (Å²) in [6.07, 6.45) is 4.84. The van der Waals surface area contributed by atoms with Gasteiger partial charge in [0.2, 0.25) is 0 Å². The van der Waals surface area contributed by atoms with Crippen molar-refractivity contribution >= 4 is 11.3 Å². The maximum atomic E-state index is 5.49. The Morgan fingerprint density at radius 2 is 2.39 bits per heavy atom. The molecule has 2 aromatic heterocycles. The first-order valence-electron chi connectivity index (χ1n) is 6.10. The zero-order chi connectivity index (χ0) is 12.8. The molecule has 2 aromatic rings. The van der Waals surface area contributed by atoms with Crippen LogP contribution in [0.15, 0.2) is 17.9 Å². The van der Waals surface area contributed by atoms with Crippen molar-refractivity contribution in [2.24, 2.45) is 5.73 Å². The van der Waals surface area contributed by atoms with E-state index in [4.69, 9.17) is 5.73 Å². The Bertz CT molecular complexity index is 476. The van der Waals surface area contributed by atoms with Crippen molar-refractivity contribution in [2.45, 2.75) is 26.4 Å². The van der Waals surface area contributed by atoms with E-state index < -0.39 is 0 Å². The zero-order valence-electron chi connectivity index (χ0n) is 10.6. The van der Waals surface area contributed by atoms with Gasteiger partial charge in [-0.2, -0.15) is 0 Å². The summed E-state index contributed by atoms with van der Waals surface area (Å²) in [5, 5.41) is 6.65. The number of thiazole rings is 1. The summed E-state index contributed by atoms with van der Waals surface area (Å²) in [6, 6.07) is 0. The van der Waals surface area contributed by atoms with E-state index in [-0.39, 0.29) is 0 Å². The third-order valence-corrected chi connectivity index (χ3v) is 3.59. The summed E-state index contributed by atoms with van der Waals surface area (Å²) < 4.78 is 2.02. The summed E-state index contributed by atoms with van der Waals surface area (Å²) in [5.41, 5.74) is 7.65. The Balaban J connectivity index is 1.68. The molecule has 18 heavy (non-hydrogen) atoms. The predicted octanol–water partition coefficient (Wildman–Crippen LogP) is 0.939. The van der Waals surface area contributed by atoms with Crippen LogP contribution in [0.2, 0.25) is 0 Å². The molecule has 0 saturated heterocycles. The number of aryl methyl sites for hydroxylation is 1. The van der Waals surface area contributed by atoms with E-state index in [2.05, 4.69) is 20.7 Å². The van der Waals surface area contributed by atoms with Crippen LogP contribution in [0.5, 0.6) is 0 Å². The second-order valence-electron chi connectivity index (χ2n) is 4.20. The van der Waals surface area contributed by atoms with Crippen molar-refractivity contribution in [3.05, 3.63) is 34.3 Å². The van der Waals surface area contributed by atoms with Crippen molar-refractivity contribution in [1.82, 2.24) is 19.9 Å². The van der Waals surface area contributed by atoms with Crippen LogP contribution in [0.25, 0.3) is 0 Å². The summed E-state index contributed by atoms with van der Waals surface area (Å²) in [4.78, 5) is 8.74. The smallest absolute Gasteiger partial charge is 0.0950 e. The van der Waals surface area contributed by atoms with Crippen molar-refractivity contribution in [1.29, 1.82) is 0 Å². The molecule has 3 N–H and O–H groups in total. The van der Waals surface area contributed by atoms with Gasteiger partial charge in [0.15, 0.2) is 0 Å². The Kier molecular flexibility index (Phi) is 4.86. The van der Waals surface area contributed by atoms with Gasteiger partial charge in [-0.3, -0.25) is 0 Å². The first-order chi connectivity index (χ1) is 8.78. The molecule has 0 radical (unpaired) electrons. The van der Waals surface area contributed by atoms with E-state index >= 15 is 0 Å². The molecule has 98 valence electrons. The minimum Gasteiger partial charge on any atom is -0.336 e. The number of nitrogens with two attached hydrogens (primary N) is 1. The fourth-order valence-electron chi connectivity index (χ4n) is 1.70. The summed E-state index contributed by atoms with van der Waals surface area (Å²) >= 11 is 1.72. The standard InChI is InChI=1S/C12H19N5S/c1-10-8-18-12(16-10)2-4-14-6-11-7-17(5-3-13)9-15-11/h7-9,14H,2-6,13H2,1H3. The Hall–Kier alpha value is -1.24. The molecular weight excluding hydrogens is 246 g/mol. The van der Waals surface area contributed by atoms with Crippen LogP contribution in [-0.4, -0.2) is 27.6 Å². The predicted molar refractivity (Wildman–Crippen MR) is 73.5 cm³/mol. The number of hydrogen-bond donors (Lipinski definition) is 2. The van der Waals surface area contributed by atoms with E-state index in [1.807, 2.05) is 24.0 Å². The molecule has 0 bridgehead atoms. The Morgan fingerprint density at radius 3 is 3.11 bits per heavy atom. The third kappa shape index (κ3) is 3.90. The van der Waals surface area contributed by atoms with Gasteiger partial charge in [0.05, 0.1) is 17.0 Å². The maximum Gasteiger partial charge on any atom is 0.0950 e. The molecule has 0 aromatic carbocycles. The van der Waals surface area contributed by atoms with Crippen LogP contribution in [0.3, 0.4) is 0 Å². The minimum absolute atomic E-state index is 0.645. The summed E-state index contributed by atoms with van der Waals surface area (Å²) in [5.74, 6) is 0. The lowest BCUT2D eigenvalue weighted by Crippen LogP contribution is -2.17. The van der Waals surface area contributed by atoms with Crippen molar-refractivity contribution in [3.63, 3.8) is 0 Å². The highest BCUT2D eigenvalue weighted by atomic mass is 32.1. The molecule has 0 atom stereocenters. The molecular formula is C12H19N5S. The highest BCUT2D eigenvalue weighted by molar-refractivity contribution is 7.09. The van der Waals surface area contributed by atoms with Crippen molar-refractivity contribution in [3.8, 4) is 0 Å². The van der Waals surface area contributed by atoms with Gasteiger partial charge in [-0.15, -0.1) is 11.3 Å². The number of nitrogens with zero attached hydrogens (tertiary/aromatic N) is 3. The number of rotatable bonds is 7. The number of nitrogens with one attached hydrogen (secondary N) is 1. The molecule has 2 heterocycles. The van der Waals surface area contributed by atoms with Gasteiger partial charge in [0.25, 0.3) is 0 Å². The monoisotopic (exact) mass is 265 g/mol. The minimum atomic E-state index is 0.645. The fourth-order valence-corrected chi connectivity index (χ4v) is 2.47. The maximum absolute atomic E-state index is 5.49. The molecule has 0 fully saturated rings. The first kappa shape index (κ1) is 13.2. The molecule has 2 rings (SSSR count). The van der Waals surface area contributed by atoms with Crippen molar-refractivity contribution < 1.29 is 0 Å². The van der Waals surface area contributed by atoms with E-state index in [0.29, 0.717) is 6.54 Å². The van der Waals surface area contributed by atoms with E-state index in [1.165, 1.54) is 5.01 Å². The first-order valence-corrected chi connectivity index (χ1v) is 6.98. The van der Waals surface area contributed by atoms with E-state index in [0.717, 1.165) is 37.4 Å². The van der Waals surface area contributed by atoms with Gasteiger partial charge >= 0.3 is 0 Å². The second-order valence-corrected chi connectivity index (χ2v) is 5.14. The summed E-state index contributed by atoms with van der Waals surface area (Å²) in [6.45, 7) is 5.22. The second kappa shape index (κ2) is 6.63. The number of aromatic nitrogens is 3. The molecule has 0 aliphatic rings. The topological polar surface area (TPSA) is 68.8 Å². The molecule has 0 spiro atoms. The number of hydrogen-bond acceptors (Lipinski definition) is 5. The normalized spacial score (nSPS) is 11.0. The largest absolute Gasteiger partial charge is 0.336 e. The van der Waals surface area contributed by atoms with Gasteiger partial charge in [-0.25, -0.2) is 9.97 Å². The highest BCUT2D eigenvalue weighted by Gasteiger charge is 2.00. The molecule has 0 aliphatic heterocycles. The van der Waals surface area contributed by atoms with Crippen LogP contribution >= 0.6 is 11.3 Å². The van der Waals surface area contributed by atoms with Crippen LogP contribution in [0, 0.1) is 6.92 Å². The molecule has 0 aliphatic carbocycles. The van der Waals surface area contributed by atoms with Crippen LogP contribution in [0.4, 0.5) is 0 Å². The third-order valence-electron chi connectivity index (χ3n) is 2.56. The molecule has 0 unspecified atom stereocenters. The summed E-state index contributed by atoms with van der Waals surface area (Å²) in [7, 11) is 0. The number of imidazole rings is 1. The lowest BCUT2D eigenvalue weighted by atomic mass is 10.4. The van der Waals surface area contributed by atoms with E-state index in [1.54, 1.807) is 11.3 Å². The lowest BCUT2D eigenvalue weighted by Gasteiger charge is -2.00. The van der Waals surface area contributed by atoms with Crippen LogP contribution < -0.4 is 11.1 Å². The van der Waals surface area contributed by atoms with Gasteiger partial charge in [0, 0.05) is 49.9 Å². The van der Waals surface area contributed by atoms with Gasteiger partial charge in [-0.1, -0.05) is 0 Å². The average Bonchev–Trinajstić information content (AvgIpc) is 2.95. The Morgan fingerprint density at radius 1 is 1.50 bits per heavy atom. The molecule has 6 heteroatoms. The molecule has 5 nitrogen and oxygen atoms in total. The quantitative estimate of drug-likeness (QED) is 0.731. The molecule has 0 saturated carbocycles. The lowest BCUT2D eigenvalue weighted by molar-refractivity contribution is 0.671. The molecule has 0 amide bonds. The van der Waals surface area contributed by atoms with Gasteiger partial charge in [-0.05, 0) is 6.92 Å². The highest BCUT2D eigenvalue weighted by Crippen LogP contribution is 2.08. The zero-order valence-corrected chi connectivity index (χ0v) is 11.4. The fraction of sp³-hybridized carbons (Fsp3) is 0.500. The van der Waals surface area contributed by atoms with Crippen LogP contribution in [-0.2, 0) is 19.5 Å². The van der Waals surface area contributed by atoms with E-state index in [9.17, 15) is 0 Å². The SMILES string of the molecule is Cc1csc(CCNCc2cn(CCN)cn2)n1. The van der Waals surface area contributed by atoms with Gasteiger partial charge < -0.3 is 15.6 Å². The van der Waals surface area contributed by atoms with Crippen molar-refractivity contribution in [2.75, 3.05) is 13.1 Å². The average molecular weight is 265 g/mol. The van der Waals surface area contributed by atoms with Gasteiger partial charge in [0.1, 0.15) is 0 Å².